The lowest BCUT2D eigenvalue weighted by Gasteiger charge is -2.18. The Morgan fingerprint density at radius 3 is 2.28 bits per heavy atom. The Kier molecular flexibility index (Phi) is 7.06. The second-order valence-electron chi connectivity index (χ2n) is 6.68. The van der Waals surface area contributed by atoms with Crippen LogP contribution >= 0.6 is 15.9 Å². The molecule has 2 aromatic carbocycles. The van der Waals surface area contributed by atoms with Crippen LogP contribution in [0.3, 0.4) is 0 Å². The van der Waals surface area contributed by atoms with Gasteiger partial charge in [-0.3, -0.25) is 0 Å². The third kappa shape index (κ3) is 5.56. The molecule has 1 heterocycles. The molecule has 0 radical (unpaired) electrons. The minimum Gasteiger partial charge on any atom is -0.497 e. The van der Waals surface area contributed by atoms with Crippen LogP contribution in [0.5, 0.6) is 5.75 Å². The maximum atomic E-state index is 12.9. The third-order valence-corrected chi connectivity index (χ3v) is 6.89. The van der Waals surface area contributed by atoms with E-state index in [2.05, 4.69) is 31.4 Å². The van der Waals surface area contributed by atoms with Crippen molar-refractivity contribution in [3.63, 3.8) is 0 Å². The Bertz CT molecular complexity index is 1190. The first-order valence-electron chi connectivity index (χ1n) is 9.07. The number of alkyl halides is 3. The average Bonchev–Trinajstić information content (AvgIpc) is 2.75. The molecule has 0 aliphatic heterocycles. The third-order valence-electron chi connectivity index (χ3n) is 4.43. The number of sulfonamides is 1. The highest BCUT2D eigenvalue weighted by Gasteiger charge is 2.32. The van der Waals surface area contributed by atoms with Crippen LogP contribution in [0.1, 0.15) is 11.3 Å². The molecule has 7 nitrogen and oxygen atoms in total. The Hall–Kier alpha value is -2.70. The normalized spacial score (nSPS) is 12.1. The molecule has 12 heteroatoms. The number of methoxy groups -OCH3 is 1. The summed E-state index contributed by atoms with van der Waals surface area (Å²) < 4.78 is 70.4. The van der Waals surface area contributed by atoms with E-state index in [1.54, 1.807) is 31.4 Å². The zero-order chi connectivity index (χ0) is 23.5. The Morgan fingerprint density at radius 2 is 1.75 bits per heavy atom. The summed E-state index contributed by atoms with van der Waals surface area (Å²) in [6.07, 6.45) is -4.58. The number of halogens is 4. The van der Waals surface area contributed by atoms with E-state index in [1.165, 1.54) is 29.6 Å². The predicted octanol–water partition coefficient (Wildman–Crippen LogP) is 4.83. The first-order valence-corrected chi connectivity index (χ1v) is 11.3. The van der Waals surface area contributed by atoms with Gasteiger partial charge in [-0.2, -0.15) is 17.5 Å². The highest BCUT2D eigenvalue weighted by molar-refractivity contribution is 9.10. The molecular formula is C20H18BrF3N4O3S. The summed E-state index contributed by atoms with van der Waals surface area (Å²) in [5, 5.41) is 9.45. The second-order valence-corrected chi connectivity index (χ2v) is 9.58. The highest BCUT2D eigenvalue weighted by atomic mass is 79.9. The van der Waals surface area contributed by atoms with Crippen molar-refractivity contribution in [2.24, 2.45) is 0 Å². The van der Waals surface area contributed by atoms with Gasteiger partial charge in [-0.15, -0.1) is 10.2 Å². The van der Waals surface area contributed by atoms with Crippen molar-refractivity contribution in [2.75, 3.05) is 19.5 Å². The zero-order valence-electron chi connectivity index (χ0n) is 16.9. The maximum Gasteiger partial charge on any atom is 0.435 e. The summed E-state index contributed by atoms with van der Waals surface area (Å²) in [4.78, 5) is 0.0458. The van der Waals surface area contributed by atoms with E-state index in [1.807, 2.05) is 0 Å². The molecule has 0 unspecified atom stereocenters. The lowest BCUT2D eigenvalue weighted by atomic mass is 10.2. The van der Waals surface area contributed by atoms with Crippen LogP contribution in [0.25, 0.3) is 0 Å². The van der Waals surface area contributed by atoms with Crippen molar-refractivity contribution in [3.8, 4) is 5.75 Å². The summed E-state index contributed by atoms with van der Waals surface area (Å²) >= 11 is 3.29. The van der Waals surface area contributed by atoms with Gasteiger partial charge in [0.15, 0.2) is 11.5 Å². The minimum absolute atomic E-state index is 0.0458. The van der Waals surface area contributed by atoms with Crippen LogP contribution < -0.4 is 10.1 Å². The second kappa shape index (κ2) is 9.43. The van der Waals surface area contributed by atoms with E-state index >= 15 is 0 Å². The van der Waals surface area contributed by atoms with Crippen molar-refractivity contribution in [2.45, 2.75) is 17.6 Å². The molecule has 32 heavy (non-hydrogen) atoms. The monoisotopic (exact) mass is 530 g/mol. The van der Waals surface area contributed by atoms with Crippen LogP contribution in [-0.4, -0.2) is 37.1 Å². The van der Waals surface area contributed by atoms with Crippen LogP contribution in [0.2, 0.25) is 0 Å². The van der Waals surface area contributed by atoms with Crippen LogP contribution in [0.15, 0.2) is 64.0 Å². The Labute approximate surface area is 191 Å². The van der Waals surface area contributed by atoms with Gasteiger partial charge >= 0.3 is 6.18 Å². The molecule has 0 saturated heterocycles. The van der Waals surface area contributed by atoms with Gasteiger partial charge in [0, 0.05) is 18.1 Å². The minimum atomic E-state index is -4.58. The molecule has 3 aromatic rings. The lowest BCUT2D eigenvalue weighted by molar-refractivity contribution is -0.141. The van der Waals surface area contributed by atoms with E-state index in [9.17, 15) is 21.6 Å². The number of nitrogens with one attached hydrogen (secondary N) is 1. The van der Waals surface area contributed by atoms with E-state index in [0.29, 0.717) is 15.9 Å². The quantitative estimate of drug-likeness (QED) is 0.470. The van der Waals surface area contributed by atoms with Crippen LogP contribution in [-0.2, 0) is 22.7 Å². The Balaban J connectivity index is 1.75. The molecule has 1 N–H and O–H groups in total. The number of anilines is 2. The summed E-state index contributed by atoms with van der Waals surface area (Å²) in [7, 11) is -0.778. The van der Waals surface area contributed by atoms with E-state index < -0.39 is 21.9 Å². The Morgan fingerprint density at radius 1 is 1.06 bits per heavy atom. The first-order chi connectivity index (χ1) is 15.0. The van der Waals surface area contributed by atoms with Crippen molar-refractivity contribution >= 4 is 37.5 Å². The van der Waals surface area contributed by atoms with Gasteiger partial charge in [-0.1, -0.05) is 12.1 Å². The lowest BCUT2D eigenvalue weighted by Crippen LogP contribution is -2.26. The number of hydrogen-bond donors (Lipinski definition) is 1. The molecule has 170 valence electrons. The van der Waals surface area contributed by atoms with Gasteiger partial charge in [0.25, 0.3) is 0 Å². The number of benzene rings is 2. The molecule has 0 spiro atoms. The van der Waals surface area contributed by atoms with Gasteiger partial charge in [0.1, 0.15) is 5.75 Å². The number of ether oxygens (including phenoxy) is 1. The molecule has 0 aliphatic rings. The molecule has 0 atom stereocenters. The molecule has 0 amide bonds. The van der Waals surface area contributed by atoms with Gasteiger partial charge < -0.3 is 10.1 Å². The van der Waals surface area contributed by atoms with Crippen LogP contribution in [0.4, 0.5) is 24.7 Å². The van der Waals surface area contributed by atoms with Gasteiger partial charge in [-0.25, -0.2) is 8.42 Å². The van der Waals surface area contributed by atoms with Gasteiger partial charge in [0.05, 0.1) is 17.7 Å². The first kappa shape index (κ1) is 24.0. The SMILES string of the molecule is COc1ccc(CN(C)S(=O)(=O)c2ccc(Nc3ccc(C(F)(F)F)nn3)c(Br)c2)cc1. The molecule has 3 rings (SSSR count). The van der Waals surface area contributed by atoms with Crippen molar-refractivity contribution < 1.29 is 26.3 Å². The molecule has 0 bridgehead atoms. The van der Waals surface area contributed by atoms with Gasteiger partial charge in [-0.05, 0) is 64.0 Å². The smallest absolute Gasteiger partial charge is 0.435 e. The standard InChI is InChI=1S/C20H18BrF3N4O3S/c1-28(12-13-3-5-14(31-2)6-4-13)32(29,30)15-7-8-17(16(21)11-15)25-19-10-9-18(26-27-19)20(22,23)24/h3-11H,12H2,1-2H3,(H,25,27). The van der Waals surface area contributed by atoms with Crippen molar-refractivity contribution in [3.05, 3.63) is 70.3 Å². The summed E-state index contributed by atoms with van der Waals surface area (Å²) in [5.41, 5.74) is 0.0920. The van der Waals surface area contributed by atoms with Crippen LogP contribution in [0, 0.1) is 0 Å². The molecule has 0 fully saturated rings. The number of aromatic nitrogens is 2. The fourth-order valence-electron chi connectivity index (χ4n) is 2.70. The van der Waals surface area contributed by atoms with Crippen molar-refractivity contribution in [1.29, 1.82) is 0 Å². The molecular weight excluding hydrogens is 513 g/mol. The number of nitrogens with zero attached hydrogens (tertiary/aromatic N) is 3. The fraction of sp³-hybridized carbons (Fsp3) is 0.200. The fourth-order valence-corrected chi connectivity index (χ4v) is 4.51. The molecule has 1 aromatic heterocycles. The predicted molar refractivity (Wildman–Crippen MR) is 116 cm³/mol. The van der Waals surface area contributed by atoms with E-state index in [-0.39, 0.29) is 17.3 Å². The molecule has 0 saturated carbocycles. The van der Waals surface area contributed by atoms with Crippen molar-refractivity contribution in [1.82, 2.24) is 14.5 Å². The molecule has 0 aliphatic carbocycles. The topological polar surface area (TPSA) is 84.4 Å². The average molecular weight is 531 g/mol. The zero-order valence-corrected chi connectivity index (χ0v) is 19.3. The van der Waals surface area contributed by atoms with E-state index in [0.717, 1.165) is 17.7 Å². The van der Waals surface area contributed by atoms with Gasteiger partial charge in [0.2, 0.25) is 10.0 Å². The van der Waals surface area contributed by atoms with E-state index in [4.69, 9.17) is 4.74 Å². The summed E-state index contributed by atoms with van der Waals surface area (Å²) in [6, 6.07) is 13.3. The number of hydrogen-bond acceptors (Lipinski definition) is 6. The highest BCUT2D eigenvalue weighted by Crippen LogP contribution is 2.31. The maximum absolute atomic E-state index is 12.9. The summed E-state index contributed by atoms with van der Waals surface area (Å²) in [5.74, 6) is 0.745. The number of rotatable bonds is 7. The summed E-state index contributed by atoms with van der Waals surface area (Å²) in [6.45, 7) is 0.158. The largest absolute Gasteiger partial charge is 0.497 e.